The van der Waals surface area contributed by atoms with E-state index in [1.54, 1.807) is 16.9 Å². The van der Waals surface area contributed by atoms with Crippen molar-refractivity contribution < 1.29 is 14.4 Å². The van der Waals surface area contributed by atoms with Gasteiger partial charge in [-0.25, -0.2) is 4.79 Å². The van der Waals surface area contributed by atoms with E-state index in [2.05, 4.69) is 0 Å². The number of hydrogen-bond acceptors (Lipinski definition) is 2. The maximum absolute atomic E-state index is 12.0. The van der Waals surface area contributed by atoms with E-state index in [1.165, 1.54) is 0 Å². The lowest BCUT2D eigenvalue weighted by Gasteiger charge is -2.03. The van der Waals surface area contributed by atoms with Crippen LogP contribution in [0.4, 0.5) is 0 Å². The molecule has 0 aliphatic carbocycles. The molecular weight excluding hydrogens is 226 g/mol. The van der Waals surface area contributed by atoms with Crippen LogP contribution in [0.25, 0.3) is 0 Å². The van der Waals surface area contributed by atoms with E-state index in [0.717, 1.165) is 17.0 Å². The minimum Gasteiger partial charge on any atom is -0.239 e. The van der Waals surface area contributed by atoms with Crippen LogP contribution >= 0.6 is 0 Å². The van der Waals surface area contributed by atoms with Gasteiger partial charge in [-0.05, 0) is 24.6 Å². The van der Waals surface area contributed by atoms with Crippen molar-refractivity contribution in [1.82, 2.24) is 0 Å². The molecular formula is C15H16NO2+. The molecule has 0 radical (unpaired) electrons. The monoisotopic (exact) mass is 242 g/mol. The van der Waals surface area contributed by atoms with Crippen molar-refractivity contribution >= 4 is 5.97 Å². The Kier molecular flexibility index (Phi) is 3.42. The molecule has 0 aliphatic heterocycles. The summed E-state index contributed by atoms with van der Waals surface area (Å²) in [5, 5.41) is 0. The van der Waals surface area contributed by atoms with E-state index < -0.39 is 0 Å². The minimum absolute atomic E-state index is 0.351. The van der Waals surface area contributed by atoms with Crippen molar-refractivity contribution in [3.8, 4) is 0 Å². The van der Waals surface area contributed by atoms with Crippen molar-refractivity contribution in [3.05, 3.63) is 65.0 Å². The summed E-state index contributed by atoms with van der Waals surface area (Å²) >= 11 is 0. The highest BCUT2D eigenvalue weighted by Crippen LogP contribution is 2.02. The first kappa shape index (κ1) is 12.3. The molecule has 92 valence electrons. The first-order valence-electron chi connectivity index (χ1n) is 5.85. The van der Waals surface area contributed by atoms with E-state index in [1.807, 2.05) is 51.1 Å². The van der Waals surface area contributed by atoms with Crippen LogP contribution in [0.3, 0.4) is 0 Å². The highest BCUT2D eigenvalue weighted by Gasteiger charge is 2.19. The number of aromatic nitrogens is 1. The van der Waals surface area contributed by atoms with Crippen molar-refractivity contribution in [2.24, 2.45) is 0 Å². The lowest BCUT2D eigenvalue weighted by Crippen LogP contribution is -2.50. The first-order chi connectivity index (χ1) is 8.58. The summed E-state index contributed by atoms with van der Waals surface area (Å²) in [7, 11) is 0. The van der Waals surface area contributed by atoms with Gasteiger partial charge >= 0.3 is 5.97 Å². The lowest BCUT2D eigenvalue weighted by atomic mass is 10.2. The predicted octanol–water partition coefficient (Wildman–Crippen LogP) is 2.17. The summed E-state index contributed by atoms with van der Waals surface area (Å²) in [5.41, 5.74) is 3.50. The summed E-state index contributed by atoms with van der Waals surface area (Å²) < 4.78 is 1.56. The van der Waals surface area contributed by atoms with E-state index in [0.29, 0.717) is 5.56 Å². The number of aryl methyl sites for hydroxylation is 3. The third-order valence-corrected chi connectivity index (χ3v) is 2.70. The van der Waals surface area contributed by atoms with E-state index in [-0.39, 0.29) is 5.97 Å². The summed E-state index contributed by atoms with van der Waals surface area (Å²) in [4.78, 5) is 17.4. The van der Waals surface area contributed by atoms with Crippen LogP contribution in [-0.4, -0.2) is 5.97 Å². The third-order valence-electron chi connectivity index (χ3n) is 2.70. The summed E-state index contributed by atoms with van der Waals surface area (Å²) in [6.45, 7) is 5.85. The molecule has 1 aromatic heterocycles. The van der Waals surface area contributed by atoms with Crippen LogP contribution in [0, 0.1) is 20.8 Å². The van der Waals surface area contributed by atoms with Crippen LogP contribution in [0.5, 0.6) is 0 Å². The number of carbonyl (C=O) groups excluding carboxylic acids is 1. The largest absolute Gasteiger partial charge is 0.411 e. The van der Waals surface area contributed by atoms with Crippen molar-refractivity contribution in [1.29, 1.82) is 0 Å². The molecule has 0 atom stereocenters. The molecule has 0 saturated carbocycles. The molecule has 0 spiro atoms. The summed E-state index contributed by atoms with van der Waals surface area (Å²) in [6.07, 6.45) is 0. The average molecular weight is 242 g/mol. The van der Waals surface area contributed by atoms with Gasteiger partial charge in [0.05, 0.1) is 5.56 Å². The fourth-order valence-corrected chi connectivity index (χ4v) is 1.95. The smallest absolute Gasteiger partial charge is 0.239 e. The van der Waals surface area contributed by atoms with Crippen molar-refractivity contribution in [3.63, 3.8) is 0 Å². The van der Waals surface area contributed by atoms with Crippen LogP contribution in [-0.2, 0) is 0 Å². The highest BCUT2D eigenvalue weighted by molar-refractivity contribution is 5.89. The summed E-state index contributed by atoms with van der Waals surface area (Å²) in [6, 6.07) is 12.9. The van der Waals surface area contributed by atoms with Gasteiger partial charge in [-0.3, -0.25) is 0 Å². The second-order valence-electron chi connectivity index (χ2n) is 4.35. The Labute approximate surface area is 107 Å². The van der Waals surface area contributed by atoms with Gasteiger partial charge in [-0.1, -0.05) is 18.2 Å². The number of rotatable bonds is 2. The number of pyridine rings is 1. The zero-order valence-corrected chi connectivity index (χ0v) is 10.8. The van der Waals surface area contributed by atoms with Crippen LogP contribution < -0.4 is 9.57 Å². The molecule has 0 fully saturated rings. The third kappa shape index (κ3) is 2.56. The quantitative estimate of drug-likeness (QED) is 0.755. The molecule has 2 rings (SSSR count). The molecule has 0 unspecified atom stereocenters. The molecule has 1 heterocycles. The van der Waals surface area contributed by atoms with Gasteiger partial charge in [0.2, 0.25) is 11.4 Å². The highest BCUT2D eigenvalue weighted by atomic mass is 16.7. The number of hydrogen-bond donors (Lipinski definition) is 0. The second-order valence-corrected chi connectivity index (χ2v) is 4.35. The van der Waals surface area contributed by atoms with Gasteiger partial charge in [-0.2, -0.15) is 4.84 Å². The number of nitrogens with zero attached hydrogens (tertiary/aromatic N) is 1. The van der Waals surface area contributed by atoms with E-state index >= 15 is 0 Å². The molecule has 0 N–H and O–H groups in total. The zero-order valence-electron chi connectivity index (χ0n) is 10.8. The Morgan fingerprint density at radius 2 is 1.56 bits per heavy atom. The maximum Gasteiger partial charge on any atom is 0.411 e. The van der Waals surface area contributed by atoms with Gasteiger partial charge in [0, 0.05) is 30.7 Å². The van der Waals surface area contributed by atoms with Gasteiger partial charge in [0.15, 0.2) is 0 Å². The van der Waals surface area contributed by atoms with E-state index in [4.69, 9.17) is 4.84 Å². The van der Waals surface area contributed by atoms with Gasteiger partial charge in [-0.15, -0.1) is 0 Å². The molecule has 3 heteroatoms. The Morgan fingerprint density at radius 3 is 2.11 bits per heavy atom. The first-order valence-corrected chi connectivity index (χ1v) is 5.85. The Morgan fingerprint density at radius 1 is 1.00 bits per heavy atom. The van der Waals surface area contributed by atoms with Gasteiger partial charge in [0.1, 0.15) is 0 Å². The van der Waals surface area contributed by atoms with Gasteiger partial charge < -0.3 is 0 Å². The zero-order chi connectivity index (χ0) is 13.1. The van der Waals surface area contributed by atoms with Crippen molar-refractivity contribution in [2.75, 3.05) is 0 Å². The molecule has 1 aromatic carbocycles. The summed E-state index contributed by atoms with van der Waals surface area (Å²) in [5.74, 6) is -0.351. The fraction of sp³-hybridized carbons (Fsp3) is 0.200. The molecule has 3 nitrogen and oxygen atoms in total. The topological polar surface area (TPSA) is 30.2 Å². The Balaban J connectivity index is 2.28. The minimum atomic E-state index is -0.351. The Bertz CT molecular complexity index is 553. The molecule has 18 heavy (non-hydrogen) atoms. The standard InChI is InChI=1S/C15H16NO2/c1-11-9-12(2)16(13(3)10-11)18-15(17)14-7-5-4-6-8-14/h4-10H,1-3H3/q+1. The molecule has 0 saturated heterocycles. The van der Waals surface area contributed by atoms with Crippen LogP contribution in [0.1, 0.15) is 27.3 Å². The Hall–Kier alpha value is -2.16. The molecule has 0 amide bonds. The normalized spacial score (nSPS) is 10.2. The SMILES string of the molecule is Cc1cc(C)[n+](OC(=O)c2ccccc2)c(C)c1. The van der Waals surface area contributed by atoms with Crippen LogP contribution in [0.2, 0.25) is 0 Å². The molecule has 2 aromatic rings. The van der Waals surface area contributed by atoms with Crippen molar-refractivity contribution in [2.45, 2.75) is 20.8 Å². The van der Waals surface area contributed by atoms with Gasteiger partial charge in [0.25, 0.3) is 0 Å². The number of benzene rings is 1. The molecule has 0 bridgehead atoms. The maximum atomic E-state index is 12.0. The van der Waals surface area contributed by atoms with Crippen LogP contribution in [0.15, 0.2) is 42.5 Å². The lowest BCUT2D eigenvalue weighted by molar-refractivity contribution is -0.876. The molecule has 0 aliphatic rings. The fourth-order valence-electron chi connectivity index (χ4n) is 1.95. The average Bonchev–Trinajstić information content (AvgIpc) is 2.34. The van der Waals surface area contributed by atoms with E-state index in [9.17, 15) is 4.79 Å². The number of carbonyl (C=O) groups is 1. The predicted molar refractivity (Wildman–Crippen MR) is 68.2 cm³/mol. The second kappa shape index (κ2) is 5.00.